The molecule has 0 fully saturated rings. The zero-order valence-electron chi connectivity index (χ0n) is 27.6. The van der Waals surface area contributed by atoms with Crippen molar-refractivity contribution in [3.05, 3.63) is 188 Å². The van der Waals surface area contributed by atoms with Gasteiger partial charge >= 0.3 is 0 Å². The fraction of sp³-hybridized carbons (Fsp3) is 0. The first-order valence-corrected chi connectivity index (χ1v) is 17.2. The molecule has 0 radical (unpaired) electrons. The monoisotopic (exact) mass is 653 g/mol. The van der Waals surface area contributed by atoms with Gasteiger partial charge in [0, 0.05) is 44.5 Å². The summed E-state index contributed by atoms with van der Waals surface area (Å²) in [7, 11) is 0. The third-order valence-electron chi connectivity index (χ3n) is 9.80. The van der Waals surface area contributed by atoms with Crippen LogP contribution in [0.3, 0.4) is 0 Å². The number of benzene rings is 8. The molecule has 0 bridgehead atoms. The minimum atomic E-state index is 0.636. The van der Waals surface area contributed by atoms with Crippen molar-refractivity contribution in [2.45, 2.75) is 0 Å². The van der Waals surface area contributed by atoms with Crippen LogP contribution in [-0.4, -0.2) is 9.55 Å². The lowest BCUT2D eigenvalue weighted by Gasteiger charge is -2.26. The van der Waals surface area contributed by atoms with E-state index in [1.807, 2.05) is 36.4 Å². The zero-order valence-corrected chi connectivity index (χ0v) is 27.6. The smallest absolute Gasteiger partial charge is 0.227 e. The van der Waals surface area contributed by atoms with Gasteiger partial charge in [0.1, 0.15) is 5.52 Å². The van der Waals surface area contributed by atoms with Crippen LogP contribution >= 0.6 is 0 Å². The molecule has 2 heterocycles. The van der Waals surface area contributed by atoms with Gasteiger partial charge in [0.15, 0.2) is 5.58 Å². The van der Waals surface area contributed by atoms with Gasteiger partial charge in [0.25, 0.3) is 0 Å². The van der Waals surface area contributed by atoms with Gasteiger partial charge in [-0.3, -0.25) is 0 Å². The molecule has 0 aliphatic heterocycles. The number of nitrogens with zero attached hydrogens (tertiary/aromatic N) is 3. The molecular formula is C47H31N3O. The number of rotatable bonds is 6. The molecule has 0 saturated carbocycles. The minimum Gasteiger partial charge on any atom is -0.436 e. The summed E-state index contributed by atoms with van der Waals surface area (Å²) in [5.41, 5.74) is 11.7. The Morgan fingerprint density at radius 1 is 0.431 bits per heavy atom. The van der Waals surface area contributed by atoms with E-state index in [2.05, 4.69) is 161 Å². The Balaban J connectivity index is 1.07. The van der Waals surface area contributed by atoms with E-state index in [0.717, 1.165) is 61.3 Å². The molecule has 4 nitrogen and oxygen atoms in total. The van der Waals surface area contributed by atoms with Gasteiger partial charge in [0.2, 0.25) is 5.89 Å². The summed E-state index contributed by atoms with van der Waals surface area (Å²) in [5.74, 6) is 0.636. The van der Waals surface area contributed by atoms with Crippen molar-refractivity contribution in [3.63, 3.8) is 0 Å². The van der Waals surface area contributed by atoms with Crippen molar-refractivity contribution in [1.29, 1.82) is 0 Å². The maximum absolute atomic E-state index is 6.19. The van der Waals surface area contributed by atoms with Crippen LogP contribution in [0.4, 0.5) is 17.1 Å². The Labute approximate surface area is 295 Å². The molecule has 8 aromatic carbocycles. The normalized spacial score (nSPS) is 11.5. The molecular weight excluding hydrogens is 623 g/mol. The van der Waals surface area contributed by atoms with Crippen LogP contribution in [-0.2, 0) is 0 Å². The van der Waals surface area contributed by atoms with Crippen molar-refractivity contribution >= 4 is 60.7 Å². The summed E-state index contributed by atoms with van der Waals surface area (Å²) in [6.07, 6.45) is 0. The van der Waals surface area contributed by atoms with Gasteiger partial charge in [-0.25, -0.2) is 4.98 Å². The summed E-state index contributed by atoms with van der Waals surface area (Å²) < 4.78 is 8.55. The fourth-order valence-electron chi connectivity index (χ4n) is 7.38. The van der Waals surface area contributed by atoms with Gasteiger partial charge in [-0.05, 0) is 101 Å². The first-order chi connectivity index (χ1) is 25.3. The first-order valence-electron chi connectivity index (χ1n) is 17.2. The molecule has 0 N–H and O–H groups in total. The van der Waals surface area contributed by atoms with Crippen LogP contribution in [0.15, 0.2) is 192 Å². The van der Waals surface area contributed by atoms with Crippen molar-refractivity contribution in [3.8, 4) is 28.3 Å². The maximum atomic E-state index is 6.19. The number of oxazole rings is 1. The average Bonchev–Trinajstić information content (AvgIpc) is 3.79. The van der Waals surface area contributed by atoms with Crippen LogP contribution < -0.4 is 4.90 Å². The molecule has 0 spiro atoms. The molecule has 0 aliphatic rings. The highest BCUT2D eigenvalue weighted by atomic mass is 16.3. The van der Waals surface area contributed by atoms with Gasteiger partial charge in [-0.2, -0.15) is 0 Å². The molecule has 10 rings (SSSR count). The third kappa shape index (κ3) is 4.96. The van der Waals surface area contributed by atoms with Gasteiger partial charge in [-0.1, -0.05) is 103 Å². The topological polar surface area (TPSA) is 34.2 Å². The number of hydrogen-bond donors (Lipinski definition) is 0. The second kappa shape index (κ2) is 11.9. The Kier molecular flexibility index (Phi) is 6.78. The SMILES string of the molecule is c1ccc(-c2nc3c(ccc4ccc(-c5ccc(N(c6ccccc6)c6ccc7c(c6)c6ccccc6n7-c6ccccc6)cc5)cc43)o2)cc1. The number of aromatic nitrogens is 2. The molecule has 0 amide bonds. The molecule has 10 aromatic rings. The van der Waals surface area contributed by atoms with Crippen molar-refractivity contribution in [1.82, 2.24) is 9.55 Å². The highest BCUT2D eigenvalue weighted by Crippen LogP contribution is 2.40. The summed E-state index contributed by atoms with van der Waals surface area (Å²) in [5, 5.41) is 4.66. The minimum absolute atomic E-state index is 0.636. The lowest BCUT2D eigenvalue weighted by molar-refractivity contribution is 0.620. The van der Waals surface area contributed by atoms with E-state index >= 15 is 0 Å². The van der Waals surface area contributed by atoms with E-state index in [-0.39, 0.29) is 0 Å². The van der Waals surface area contributed by atoms with Crippen LogP contribution in [0.2, 0.25) is 0 Å². The molecule has 51 heavy (non-hydrogen) atoms. The van der Waals surface area contributed by atoms with E-state index in [4.69, 9.17) is 9.40 Å². The van der Waals surface area contributed by atoms with Crippen LogP contribution in [0, 0.1) is 0 Å². The number of fused-ring (bicyclic) bond motifs is 6. The van der Waals surface area contributed by atoms with Crippen LogP contribution in [0.1, 0.15) is 0 Å². The van der Waals surface area contributed by atoms with E-state index in [1.165, 1.54) is 21.8 Å². The molecule has 4 heteroatoms. The summed E-state index contributed by atoms with van der Waals surface area (Å²) in [6.45, 7) is 0. The Morgan fingerprint density at radius 3 is 1.86 bits per heavy atom. The first kappa shape index (κ1) is 29.0. The highest BCUT2D eigenvalue weighted by Gasteiger charge is 2.18. The van der Waals surface area contributed by atoms with Crippen molar-refractivity contribution in [2.75, 3.05) is 4.90 Å². The fourth-order valence-corrected chi connectivity index (χ4v) is 7.38. The number of para-hydroxylation sites is 3. The Hall–Kier alpha value is -6.91. The van der Waals surface area contributed by atoms with Gasteiger partial charge in [0.05, 0.1) is 11.0 Å². The Bertz CT molecular complexity index is 2840. The maximum Gasteiger partial charge on any atom is 0.227 e. The number of hydrogen-bond acceptors (Lipinski definition) is 3. The molecule has 240 valence electrons. The predicted molar refractivity (Wildman–Crippen MR) is 211 cm³/mol. The van der Waals surface area contributed by atoms with E-state index in [1.54, 1.807) is 0 Å². The summed E-state index contributed by atoms with van der Waals surface area (Å²) in [4.78, 5) is 7.27. The van der Waals surface area contributed by atoms with Gasteiger partial charge < -0.3 is 13.9 Å². The van der Waals surface area contributed by atoms with E-state index in [0.29, 0.717) is 5.89 Å². The molecule has 0 atom stereocenters. The standard InChI is InChI=1S/C47H31N3O/c1-4-12-34(13-5-1)47-48-46-41-30-35(21-20-33(41)24-29-45(46)51-47)32-22-25-38(26-23-32)49(36-14-6-2-7-15-36)39-27-28-44-42(31-39)40-18-10-11-19-43(40)50(44)37-16-8-3-9-17-37/h1-31H. The largest absolute Gasteiger partial charge is 0.436 e. The lowest BCUT2D eigenvalue weighted by atomic mass is 10.00. The second-order valence-electron chi connectivity index (χ2n) is 12.8. The van der Waals surface area contributed by atoms with Crippen LogP contribution in [0.25, 0.3) is 71.9 Å². The lowest BCUT2D eigenvalue weighted by Crippen LogP contribution is -2.09. The van der Waals surface area contributed by atoms with E-state index in [9.17, 15) is 0 Å². The molecule has 2 aromatic heterocycles. The summed E-state index contributed by atoms with van der Waals surface area (Å²) in [6, 6.07) is 66.3. The average molecular weight is 654 g/mol. The highest BCUT2D eigenvalue weighted by molar-refractivity contribution is 6.11. The van der Waals surface area contributed by atoms with Crippen molar-refractivity contribution < 1.29 is 4.42 Å². The third-order valence-corrected chi connectivity index (χ3v) is 9.80. The summed E-state index contributed by atoms with van der Waals surface area (Å²) >= 11 is 0. The zero-order chi connectivity index (χ0) is 33.7. The predicted octanol–water partition coefficient (Wildman–Crippen LogP) is 12.9. The molecule has 0 unspecified atom stereocenters. The number of anilines is 3. The van der Waals surface area contributed by atoms with Gasteiger partial charge in [-0.15, -0.1) is 0 Å². The van der Waals surface area contributed by atoms with E-state index < -0.39 is 0 Å². The van der Waals surface area contributed by atoms with Crippen LogP contribution in [0.5, 0.6) is 0 Å². The van der Waals surface area contributed by atoms with Crippen molar-refractivity contribution in [2.24, 2.45) is 0 Å². The Morgan fingerprint density at radius 2 is 1.06 bits per heavy atom. The quantitative estimate of drug-likeness (QED) is 0.179. The molecule has 0 aliphatic carbocycles. The second-order valence-corrected chi connectivity index (χ2v) is 12.8. The molecule has 0 saturated heterocycles.